The van der Waals surface area contributed by atoms with Gasteiger partial charge in [-0.15, -0.1) is 11.8 Å². The Labute approximate surface area is 176 Å². The molecule has 0 spiro atoms. The molecule has 1 aliphatic heterocycles. The van der Waals surface area contributed by atoms with E-state index in [0.717, 1.165) is 29.7 Å². The minimum atomic E-state index is -3.51. The molecule has 2 aromatic rings. The van der Waals surface area contributed by atoms with Crippen molar-refractivity contribution in [3.8, 4) is 0 Å². The van der Waals surface area contributed by atoms with Crippen molar-refractivity contribution >= 4 is 27.7 Å². The zero-order chi connectivity index (χ0) is 20.9. The Morgan fingerprint density at radius 2 is 1.69 bits per heavy atom. The highest BCUT2D eigenvalue weighted by atomic mass is 32.2. The molecule has 3 rings (SSSR count). The lowest BCUT2D eigenvalue weighted by Gasteiger charge is -2.25. The quantitative estimate of drug-likeness (QED) is 0.654. The molecule has 156 valence electrons. The Morgan fingerprint density at radius 1 is 1.07 bits per heavy atom. The molecule has 0 aromatic heterocycles. The Hall–Kier alpha value is -1.87. The van der Waals surface area contributed by atoms with Crippen LogP contribution in [0, 0.1) is 0 Å². The first-order valence-corrected chi connectivity index (χ1v) is 12.3. The van der Waals surface area contributed by atoms with E-state index < -0.39 is 16.1 Å². The molecule has 0 saturated carbocycles. The van der Waals surface area contributed by atoms with Gasteiger partial charge in [0.15, 0.2) is 0 Å². The number of nitrogens with one attached hydrogen (secondary N) is 1. The summed E-state index contributed by atoms with van der Waals surface area (Å²) in [5.41, 5.74) is 1.08. The average Bonchev–Trinajstić information content (AvgIpc) is 2.78. The highest BCUT2D eigenvalue weighted by Gasteiger charge is 2.26. The summed E-state index contributed by atoms with van der Waals surface area (Å²) >= 11 is 1.62. The lowest BCUT2D eigenvalue weighted by Crippen LogP contribution is -2.35. The van der Waals surface area contributed by atoms with Gasteiger partial charge in [-0.05, 0) is 61.1 Å². The number of piperidine rings is 1. The maximum atomic E-state index is 12.7. The van der Waals surface area contributed by atoms with Crippen LogP contribution in [0.25, 0.3) is 0 Å². The molecule has 1 heterocycles. The van der Waals surface area contributed by atoms with Crippen molar-refractivity contribution in [2.75, 3.05) is 25.9 Å². The van der Waals surface area contributed by atoms with Crippen LogP contribution in [0.2, 0.25) is 0 Å². The predicted octanol–water partition coefficient (Wildman–Crippen LogP) is 3.05. The molecule has 1 fully saturated rings. The third kappa shape index (κ3) is 5.39. The molecule has 0 radical (unpaired) electrons. The second kappa shape index (κ2) is 9.75. The van der Waals surface area contributed by atoms with Gasteiger partial charge < -0.3 is 10.4 Å². The van der Waals surface area contributed by atoms with Crippen LogP contribution in [0.15, 0.2) is 58.3 Å². The fourth-order valence-corrected chi connectivity index (χ4v) is 5.19. The lowest BCUT2D eigenvalue weighted by atomic mass is 10.1. The fourth-order valence-electron chi connectivity index (χ4n) is 3.27. The molecule has 0 bridgehead atoms. The molecule has 0 aliphatic carbocycles. The maximum Gasteiger partial charge on any atom is 0.251 e. The number of carbonyl (C=O) groups is 1. The highest BCUT2D eigenvalue weighted by molar-refractivity contribution is 7.98. The Balaban J connectivity index is 1.59. The SMILES string of the molecule is CSc1ccc(C(O)CNC(=O)c2ccc(S(=O)(=O)N3CCCCC3)cc2)cc1. The summed E-state index contributed by atoms with van der Waals surface area (Å²) in [6.07, 6.45) is 3.98. The van der Waals surface area contributed by atoms with Gasteiger partial charge in [0.05, 0.1) is 11.0 Å². The van der Waals surface area contributed by atoms with E-state index in [4.69, 9.17) is 0 Å². The largest absolute Gasteiger partial charge is 0.387 e. The van der Waals surface area contributed by atoms with Crippen LogP contribution in [0.1, 0.15) is 41.3 Å². The molecule has 1 aliphatic rings. The third-order valence-corrected chi connectivity index (χ3v) is 7.68. The smallest absolute Gasteiger partial charge is 0.251 e. The minimum absolute atomic E-state index is 0.0747. The highest BCUT2D eigenvalue weighted by Crippen LogP contribution is 2.21. The lowest BCUT2D eigenvalue weighted by molar-refractivity contribution is 0.0916. The van der Waals surface area contributed by atoms with Crippen LogP contribution in [-0.4, -0.2) is 49.6 Å². The predicted molar refractivity (Wildman–Crippen MR) is 115 cm³/mol. The van der Waals surface area contributed by atoms with Crippen molar-refractivity contribution in [1.29, 1.82) is 0 Å². The standard InChI is InChI=1S/C21H26N2O4S2/c1-28-18-9-5-16(6-10-18)20(24)15-22-21(25)17-7-11-19(12-8-17)29(26,27)23-13-3-2-4-14-23/h5-12,20,24H,2-4,13-15H2,1H3,(H,22,25). The number of aliphatic hydroxyl groups excluding tert-OH is 1. The molecular weight excluding hydrogens is 408 g/mol. The van der Waals surface area contributed by atoms with Crippen LogP contribution in [0.5, 0.6) is 0 Å². The number of aliphatic hydroxyl groups is 1. The van der Waals surface area contributed by atoms with Gasteiger partial charge in [0.25, 0.3) is 5.91 Å². The van der Waals surface area contributed by atoms with Crippen LogP contribution < -0.4 is 5.32 Å². The summed E-state index contributed by atoms with van der Waals surface area (Å²) in [6, 6.07) is 13.5. The number of hydrogen-bond acceptors (Lipinski definition) is 5. The first-order valence-electron chi connectivity index (χ1n) is 9.62. The van der Waals surface area contributed by atoms with Crippen LogP contribution >= 0.6 is 11.8 Å². The van der Waals surface area contributed by atoms with Gasteiger partial charge in [-0.2, -0.15) is 4.31 Å². The van der Waals surface area contributed by atoms with Gasteiger partial charge >= 0.3 is 0 Å². The Kier molecular flexibility index (Phi) is 7.34. The number of rotatable bonds is 7. The minimum Gasteiger partial charge on any atom is -0.387 e. The topological polar surface area (TPSA) is 86.7 Å². The van der Waals surface area contributed by atoms with Gasteiger partial charge in [-0.25, -0.2) is 8.42 Å². The zero-order valence-corrected chi connectivity index (χ0v) is 18.0. The summed E-state index contributed by atoms with van der Waals surface area (Å²) in [5, 5.41) is 13.0. The summed E-state index contributed by atoms with van der Waals surface area (Å²) in [5.74, 6) is -0.355. The van der Waals surface area contributed by atoms with E-state index >= 15 is 0 Å². The third-order valence-electron chi connectivity index (χ3n) is 5.03. The van der Waals surface area contributed by atoms with Crippen molar-refractivity contribution in [2.24, 2.45) is 0 Å². The second-order valence-electron chi connectivity index (χ2n) is 6.99. The first-order chi connectivity index (χ1) is 13.9. The molecule has 1 saturated heterocycles. The van der Waals surface area contributed by atoms with Crippen molar-refractivity contribution < 1.29 is 18.3 Å². The zero-order valence-electron chi connectivity index (χ0n) is 16.4. The number of benzene rings is 2. The molecule has 1 amide bonds. The van der Waals surface area contributed by atoms with Gasteiger partial charge in [-0.1, -0.05) is 18.6 Å². The van der Waals surface area contributed by atoms with E-state index in [1.165, 1.54) is 28.6 Å². The van der Waals surface area contributed by atoms with Crippen LogP contribution in [0.3, 0.4) is 0 Å². The van der Waals surface area contributed by atoms with Crippen molar-refractivity contribution in [2.45, 2.75) is 35.2 Å². The fraction of sp³-hybridized carbons (Fsp3) is 0.381. The monoisotopic (exact) mass is 434 g/mol. The number of sulfonamides is 1. The summed E-state index contributed by atoms with van der Waals surface area (Å²) in [6.45, 7) is 1.16. The van der Waals surface area contributed by atoms with E-state index in [9.17, 15) is 18.3 Å². The summed E-state index contributed by atoms with van der Waals surface area (Å²) in [4.78, 5) is 13.7. The number of nitrogens with zero attached hydrogens (tertiary/aromatic N) is 1. The Bertz CT molecular complexity index is 922. The summed E-state index contributed by atoms with van der Waals surface area (Å²) in [7, 11) is -3.51. The van der Waals surface area contributed by atoms with Crippen LogP contribution in [0.4, 0.5) is 0 Å². The normalized spacial score (nSPS) is 16.3. The maximum absolute atomic E-state index is 12.7. The molecule has 2 N–H and O–H groups in total. The number of amides is 1. The van der Waals surface area contributed by atoms with Gasteiger partial charge in [0.2, 0.25) is 10.0 Å². The van der Waals surface area contributed by atoms with Gasteiger partial charge in [0.1, 0.15) is 0 Å². The molecule has 6 nitrogen and oxygen atoms in total. The van der Waals surface area contributed by atoms with Crippen molar-refractivity contribution in [1.82, 2.24) is 9.62 Å². The van der Waals surface area contributed by atoms with Gasteiger partial charge in [-0.3, -0.25) is 4.79 Å². The second-order valence-corrected chi connectivity index (χ2v) is 9.81. The number of thioether (sulfide) groups is 1. The molecule has 2 aromatic carbocycles. The molecule has 8 heteroatoms. The molecule has 1 unspecified atom stereocenters. The van der Waals surface area contributed by atoms with E-state index in [2.05, 4.69) is 5.32 Å². The van der Waals surface area contributed by atoms with E-state index in [-0.39, 0.29) is 17.3 Å². The number of hydrogen-bond donors (Lipinski definition) is 2. The van der Waals surface area contributed by atoms with E-state index in [1.807, 2.05) is 30.5 Å². The molecular formula is C21H26N2O4S2. The average molecular weight is 435 g/mol. The Morgan fingerprint density at radius 3 is 2.28 bits per heavy atom. The molecule has 29 heavy (non-hydrogen) atoms. The van der Waals surface area contributed by atoms with E-state index in [0.29, 0.717) is 18.7 Å². The van der Waals surface area contributed by atoms with E-state index in [1.54, 1.807) is 11.8 Å². The van der Waals surface area contributed by atoms with Gasteiger partial charge in [0, 0.05) is 30.1 Å². The molecule has 1 atom stereocenters. The first kappa shape index (κ1) is 21.8. The number of carbonyl (C=O) groups excluding carboxylic acids is 1. The van der Waals surface area contributed by atoms with Crippen molar-refractivity contribution in [3.63, 3.8) is 0 Å². The summed E-state index contributed by atoms with van der Waals surface area (Å²) < 4.78 is 26.9. The van der Waals surface area contributed by atoms with Crippen molar-refractivity contribution in [3.05, 3.63) is 59.7 Å². The van der Waals surface area contributed by atoms with Crippen LogP contribution in [-0.2, 0) is 10.0 Å².